The lowest BCUT2D eigenvalue weighted by atomic mass is 10.2. The lowest BCUT2D eigenvalue weighted by molar-refractivity contribution is 0.102. The van der Waals surface area contributed by atoms with Crippen LogP contribution in [0.3, 0.4) is 0 Å². The molecule has 0 unspecified atom stereocenters. The molecular formula is C26H25N5O2. The number of hydrogen-bond donors (Lipinski definition) is 3. The molecule has 1 amide bonds. The smallest absolute Gasteiger partial charge is 0.255 e. The van der Waals surface area contributed by atoms with Gasteiger partial charge in [0.2, 0.25) is 5.95 Å². The summed E-state index contributed by atoms with van der Waals surface area (Å²) in [4.78, 5) is 21.5. The number of nitrogens with one attached hydrogen (secondary N) is 3. The second-order valence-corrected chi connectivity index (χ2v) is 7.32. The van der Waals surface area contributed by atoms with Crippen molar-refractivity contribution in [3.8, 4) is 5.75 Å². The van der Waals surface area contributed by atoms with Crippen LogP contribution in [0.2, 0.25) is 0 Å². The number of aromatic nitrogens is 2. The molecule has 0 atom stereocenters. The second-order valence-electron chi connectivity index (χ2n) is 7.32. The molecule has 3 aromatic carbocycles. The Labute approximate surface area is 192 Å². The molecule has 7 heteroatoms. The molecule has 7 nitrogen and oxygen atoms in total. The summed E-state index contributed by atoms with van der Waals surface area (Å²) in [7, 11) is 0. The van der Waals surface area contributed by atoms with Crippen molar-refractivity contribution in [2.75, 3.05) is 22.6 Å². The fourth-order valence-corrected chi connectivity index (χ4v) is 3.20. The average molecular weight is 440 g/mol. The first kappa shape index (κ1) is 21.8. The maximum atomic E-state index is 12.5. The lowest BCUT2D eigenvalue weighted by Crippen LogP contribution is -2.11. The van der Waals surface area contributed by atoms with Crippen LogP contribution in [0.5, 0.6) is 5.75 Å². The number of rotatable bonds is 8. The molecule has 0 aliphatic heterocycles. The van der Waals surface area contributed by atoms with Gasteiger partial charge in [0.25, 0.3) is 5.91 Å². The van der Waals surface area contributed by atoms with Gasteiger partial charge in [-0.2, -0.15) is 4.98 Å². The zero-order chi connectivity index (χ0) is 23.0. The molecule has 0 aliphatic rings. The number of ether oxygens (including phenoxy) is 1. The number of hydrogen-bond acceptors (Lipinski definition) is 6. The predicted octanol–water partition coefficient (Wildman–Crippen LogP) is 5.92. The Bertz CT molecular complexity index is 1210. The van der Waals surface area contributed by atoms with E-state index in [4.69, 9.17) is 4.74 Å². The minimum absolute atomic E-state index is 0.183. The van der Waals surface area contributed by atoms with Crippen molar-refractivity contribution in [3.63, 3.8) is 0 Å². The molecular weight excluding hydrogens is 414 g/mol. The maximum absolute atomic E-state index is 12.5. The molecule has 0 aliphatic carbocycles. The molecule has 4 aromatic rings. The summed E-state index contributed by atoms with van der Waals surface area (Å²) in [6.07, 6.45) is 0. The fraction of sp³-hybridized carbons (Fsp3) is 0.115. The van der Waals surface area contributed by atoms with Gasteiger partial charge in [-0.25, -0.2) is 4.98 Å². The molecule has 1 heterocycles. The number of carbonyl (C=O) groups excluding carboxylic acids is 1. The van der Waals surface area contributed by atoms with E-state index in [-0.39, 0.29) is 5.91 Å². The third kappa shape index (κ3) is 6.07. The summed E-state index contributed by atoms with van der Waals surface area (Å²) in [5.41, 5.74) is 3.85. The van der Waals surface area contributed by atoms with Crippen LogP contribution in [0, 0.1) is 6.92 Å². The quantitative estimate of drug-likeness (QED) is 0.316. The van der Waals surface area contributed by atoms with E-state index in [1.165, 1.54) is 0 Å². The first-order valence-electron chi connectivity index (χ1n) is 10.7. The minimum atomic E-state index is -0.183. The largest absolute Gasteiger partial charge is 0.494 e. The first-order chi connectivity index (χ1) is 16.1. The molecule has 0 fully saturated rings. The Balaban J connectivity index is 1.39. The number of benzene rings is 3. The van der Waals surface area contributed by atoms with Gasteiger partial charge in [-0.3, -0.25) is 4.79 Å². The third-order valence-corrected chi connectivity index (χ3v) is 4.73. The molecule has 0 spiro atoms. The molecule has 0 saturated carbocycles. The normalized spacial score (nSPS) is 10.4. The fourth-order valence-electron chi connectivity index (χ4n) is 3.20. The van der Waals surface area contributed by atoms with Crippen LogP contribution < -0.4 is 20.7 Å². The molecule has 1 aromatic heterocycles. The highest BCUT2D eigenvalue weighted by Crippen LogP contribution is 2.21. The number of aryl methyl sites for hydroxylation is 1. The van der Waals surface area contributed by atoms with Gasteiger partial charge in [-0.15, -0.1) is 0 Å². The number of carbonyl (C=O) groups is 1. The van der Waals surface area contributed by atoms with Gasteiger partial charge >= 0.3 is 0 Å². The van der Waals surface area contributed by atoms with E-state index in [1.54, 1.807) is 24.3 Å². The monoisotopic (exact) mass is 439 g/mol. The summed E-state index contributed by atoms with van der Waals surface area (Å²) in [5, 5.41) is 9.39. The highest BCUT2D eigenvalue weighted by molar-refractivity contribution is 6.04. The van der Waals surface area contributed by atoms with Crippen LogP contribution in [0.25, 0.3) is 0 Å². The van der Waals surface area contributed by atoms with Crippen molar-refractivity contribution in [1.29, 1.82) is 0 Å². The van der Waals surface area contributed by atoms with Gasteiger partial charge in [0.05, 0.1) is 6.61 Å². The number of anilines is 5. The third-order valence-electron chi connectivity index (χ3n) is 4.73. The van der Waals surface area contributed by atoms with Crippen molar-refractivity contribution in [2.24, 2.45) is 0 Å². The molecule has 0 bridgehead atoms. The van der Waals surface area contributed by atoms with Gasteiger partial charge in [-0.1, -0.05) is 18.2 Å². The molecule has 0 saturated heterocycles. The standard InChI is InChI=1S/C26H25N5O2/c1-3-33-23-15-9-19(10-16-23)25(32)29-21-11-13-22(14-12-21)30-26-27-18(2)17-24(31-26)28-20-7-5-4-6-8-20/h4-17H,3H2,1-2H3,(H,29,32)(H2,27,28,30,31). The van der Waals surface area contributed by atoms with E-state index in [9.17, 15) is 4.79 Å². The van der Waals surface area contributed by atoms with Crippen LogP contribution in [0.15, 0.2) is 84.9 Å². The van der Waals surface area contributed by atoms with Gasteiger partial charge in [0.1, 0.15) is 11.6 Å². The van der Waals surface area contributed by atoms with Gasteiger partial charge < -0.3 is 20.7 Å². The highest BCUT2D eigenvalue weighted by atomic mass is 16.5. The van der Waals surface area contributed by atoms with Crippen LogP contribution in [-0.2, 0) is 0 Å². The van der Waals surface area contributed by atoms with Crippen molar-refractivity contribution in [3.05, 3.63) is 96.2 Å². The summed E-state index contributed by atoms with van der Waals surface area (Å²) < 4.78 is 5.41. The Morgan fingerprint density at radius 2 is 1.48 bits per heavy atom. The molecule has 4 rings (SSSR count). The van der Waals surface area contributed by atoms with E-state index in [0.717, 1.165) is 22.8 Å². The van der Waals surface area contributed by atoms with E-state index < -0.39 is 0 Å². The van der Waals surface area contributed by atoms with E-state index in [0.29, 0.717) is 29.6 Å². The SMILES string of the molecule is CCOc1ccc(C(=O)Nc2ccc(Nc3nc(C)cc(Nc4ccccc4)n3)cc2)cc1. The zero-order valence-corrected chi connectivity index (χ0v) is 18.5. The molecule has 3 N–H and O–H groups in total. The number of amides is 1. The number of para-hydroxylation sites is 1. The lowest BCUT2D eigenvalue weighted by Gasteiger charge is -2.11. The first-order valence-corrected chi connectivity index (χ1v) is 10.7. The summed E-state index contributed by atoms with van der Waals surface area (Å²) in [5.74, 6) is 1.75. The van der Waals surface area contributed by atoms with Crippen molar-refractivity contribution >= 4 is 34.7 Å². The predicted molar refractivity (Wildman–Crippen MR) is 132 cm³/mol. The summed E-state index contributed by atoms with van der Waals surface area (Å²) >= 11 is 0. The van der Waals surface area contributed by atoms with Crippen molar-refractivity contribution < 1.29 is 9.53 Å². The summed E-state index contributed by atoms with van der Waals surface area (Å²) in [6.45, 7) is 4.43. The molecule has 33 heavy (non-hydrogen) atoms. The van der Waals surface area contributed by atoms with Gasteiger partial charge in [-0.05, 0) is 74.5 Å². The minimum Gasteiger partial charge on any atom is -0.494 e. The Hall–Kier alpha value is -4.39. The highest BCUT2D eigenvalue weighted by Gasteiger charge is 2.08. The second kappa shape index (κ2) is 10.3. The van der Waals surface area contributed by atoms with Gasteiger partial charge in [0.15, 0.2) is 0 Å². The maximum Gasteiger partial charge on any atom is 0.255 e. The van der Waals surface area contributed by atoms with Gasteiger partial charge in [0, 0.05) is 34.4 Å². The molecule has 0 radical (unpaired) electrons. The Kier molecular flexibility index (Phi) is 6.80. The van der Waals surface area contributed by atoms with Crippen molar-refractivity contribution in [2.45, 2.75) is 13.8 Å². The van der Waals surface area contributed by atoms with Crippen LogP contribution >= 0.6 is 0 Å². The average Bonchev–Trinajstić information content (AvgIpc) is 2.81. The van der Waals surface area contributed by atoms with Crippen LogP contribution in [-0.4, -0.2) is 22.5 Å². The van der Waals surface area contributed by atoms with E-state index >= 15 is 0 Å². The van der Waals surface area contributed by atoms with Crippen molar-refractivity contribution in [1.82, 2.24) is 9.97 Å². The molecule has 166 valence electrons. The van der Waals surface area contributed by atoms with Crippen LogP contribution in [0.1, 0.15) is 23.0 Å². The Morgan fingerprint density at radius 3 is 2.18 bits per heavy atom. The zero-order valence-electron chi connectivity index (χ0n) is 18.5. The summed E-state index contributed by atoms with van der Waals surface area (Å²) in [6, 6.07) is 26.2. The topological polar surface area (TPSA) is 88.2 Å². The van der Waals surface area contributed by atoms with Crippen LogP contribution in [0.4, 0.5) is 28.8 Å². The van der Waals surface area contributed by atoms with E-state index in [2.05, 4.69) is 25.9 Å². The number of nitrogens with zero attached hydrogens (tertiary/aromatic N) is 2. The Morgan fingerprint density at radius 1 is 0.818 bits per heavy atom. The van der Waals surface area contributed by atoms with E-state index in [1.807, 2.05) is 74.5 Å².